The lowest BCUT2D eigenvalue weighted by molar-refractivity contribution is -0.0258. The Balaban J connectivity index is 1.89. The first-order valence-electron chi connectivity index (χ1n) is 6.37. The molecule has 2 heterocycles. The largest absolute Gasteiger partial charge is 0.383 e. The van der Waals surface area contributed by atoms with Gasteiger partial charge in [-0.15, -0.1) is 11.3 Å². The summed E-state index contributed by atoms with van der Waals surface area (Å²) in [6, 6.07) is 4.28. The van der Waals surface area contributed by atoms with Crippen molar-refractivity contribution in [1.82, 2.24) is 5.32 Å². The van der Waals surface area contributed by atoms with Crippen LogP contribution < -0.4 is 5.32 Å². The van der Waals surface area contributed by atoms with Gasteiger partial charge in [-0.3, -0.25) is 0 Å². The Kier molecular flexibility index (Phi) is 6.11. The molecule has 0 aliphatic carbocycles. The number of methoxy groups -OCH3 is 1. The van der Waals surface area contributed by atoms with E-state index in [1.807, 2.05) is 0 Å². The molecule has 1 aromatic heterocycles. The number of nitrogens with one attached hydrogen (secondary N) is 1. The highest BCUT2D eigenvalue weighted by molar-refractivity contribution is 9.11. The molecule has 1 saturated heterocycles. The van der Waals surface area contributed by atoms with Crippen LogP contribution in [0.2, 0.25) is 0 Å². The lowest BCUT2D eigenvalue weighted by Gasteiger charge is -2.31. The van der Waals surface area contributed by atoms with Crippen molar-refractivity contribution in [3.8, 4) is 0 Å². The number of hydrogen-bond donors (Lipinski definition) is 1. The van der Waals surface area contributed by atoms with Gasteiger partial charge in [0, 0.05) is 37.6 Å². The normalized spacial score (nSPS) is 24.3. The number of rotatable bonds is 6. The van der Waals surface area contributed by atoms with Crippen molar-refractivity contribution in [2.75, 3.05) is 33.4 Å². The van der Waals surface area contributed by atoms with Crippen LogP contribution in [0.15, 0.2) is 15.9 Å². The van der Waals surface area contributed by atoms with Gasteiger partial charge >= 0.3 is 0 Å². The molecule has 18 heavy (non-hydrogen) atoms. The van der Waals surface area contributed by atoms with Crippen LogP contribution >= 0.6 is 27.3 Å². The first-order chi connectivity index (χ1) is 8.81. The predicted molar refractivity (Wildman–Crippen MR) is 78.2 cm³/mol. The molecule has 0 saturated carbocycles. The van der Waals surface area contributed by atoms with Gasteiger partial charge in [-0.2, -0.15) is 0 Å². The molecular weight excluding hydrogens is 314 g/mol. The maximum atomic E-state index is 5.97. The van der Waals surface area contributed by atoms with E-state index in [0.717, 1.165) is 26.3 Å². The second-order valence-electron chi connectivity index (χ2n) is 4.53. The summed E-state index contributed by atoms with van der Waals surface area (Å²) in [4.78, 5) is 1.33. The van der Waals surface area contributed by atoms with Crippen molar-refractivity contribution in [2.24, 2.45) is 5.92 Å². The molecule has 2 rings (SSSR count). The van der Waals surface area contributed by atoms with E-state index in [1.54, 1.807) is 18.4 Å². The minimum absolute atomic E-state index is 0.255. The summed E-state index contributed by atoms with van der Waals surface area (Å²) < 4.78 is 12.2. The van der Waals surface area contributed by atoms with Crippen LogP contribution in [0.4, 0.5) is 0 Å². The van der Waals surface area contributed by atoms with Gasteiger partial charge in [0.15, 0.2) is 0 Å². The predicted octanol–water partition coefficient (Wildman–Crippen LogP) is 3.21. The Morgan fingerprint density at radius 3 is 3.17 bits per heavy atom. The van der Waals surface area contributed by atoms with E-state index in [2.05, 4.69) is 33.4 Å². The summed E-state index contributed by atoms with van der Waals surface area (Å²) >= 11 is 5.30. The van der Waals surface area contributed by atoms with Crippen LogP contribution in [-0.4, -0.2) is 33.4 Å². The quantitative estimate of drug-likeness (QED) is 0.811. The molecule has 0 bridgehead atoms. The second kappa shape index (κ2) is 7.60. The third-order valence-corrected chi connectivity index (χ3v) is 4.89. The lowest BCUT2D eigenvalue weighted by atomic mass is 9.93. The zero-order chi connectivity index (χ0) is 12.8. The van der Waals surface area contributed by atoms with Crippen molar-refractivity contribution in [2.45, 2.75) is 18.9 Å². The highest BCUT2D eigenvalue weighted by Gasteiger charge is 2.28. The molecule has 1 aliphatic rings. The first-order valence-corrected chi connectivity index (χ1v) is 7.98. The van der Waals surface area contributed by atoms with Gasteiger partial charge in [0.05, 0.1) is 16.5 Å². The van der Waals surface area contributed by atoms with E-state index in [9.17, 15) is 0 Å². The van der Waals surface area contributed by atoms with E-state index in [-0.39, 0.29) is 6.10 Å². The smallest absolute Gasteiger partial charge is 0.0957 e. The van der Waals surface area contributed by atoms with Crippen molar-refractivity contribution in [3.05, 3.63) is 20.8 Å². The van der Waals surface area contributed by atoms with Crippen molar-refractivity contribution >= 4 is 27.3 Å². The van der Waals surface area contributed by atoms with Gasteiger partial charge in [0.25, 0.3) is 0 Å². The molecule has 0 radical (unpaired) electrons. The molecule has 102 valence electrons. The average Bonchev–Trinajstić information content (AvgIpc) is 2.82. The molecule has 1 aliphatic heterocycles. The van der Waals surface area contributed by atoms with E-state index < -0.39 is 0 Å². The lowest BCUT2D eigenvalue weighted by Crippen LogP contribution is -2.33. The molecule has 0 amide bonds. The van der Waals surface area contributed by atoms with Crippen LogP contribution in [0, 0.1) is 5.92 Å². The number of halogens is 1. The summed E-state index contributed by atoms with van der Waals surface area (Å²) in [5.41, 5.74) is 0. The highest BCUT2D eigenvalue weighted by atomic mass is 79.9. The zero-order valence-corrected chi connectivity index (χ0v) is 13.1. The highest BCUT2D eigenvalue weighted by Crippen LogP contribution is 2.38. The third-order valence-electron chi connectivity index (χ3n) is 3.21. The number of thiophene rings is 1. The van der Waals surface area contributed by atoms with Gasteiger partial charge in [0.2, 0.25) is 0 Å². The van der Waals surface area contributed by atoms with Gasteiger partial charge in [-0.1, -0.05) is 0 Å². The van der Waals surface area contributed by atoms with Gasteiger partial charge < -0.3 is 14.8 Å². The minimum Gasteiger partial charge on any atom is -0.383 e. The van der Waals surface area contributed by atoms with Gasteiger partial charge in [-0.05, 0) is 40.9 Å². The first kappa shape index (κ1) is 14.5. The Morgan fingerprint density at radius 2 is 2.44 bits per heavy atom. The Morgan fingerprint density at radius 1 is 1.56 bits per heavy atom. The summed E-state index contributed by atoms with van der Waals surface area (Å²) in [6.45, 7) is 3.56. The van der Waals surface area contributed by atoms with Crippen molar-refractivity contribution < 1.29 is 9.47 Å². The van der Waals surface area contributed by atoms with Crippen molar-refractivity contribution in [3.63, 3.8) is 0 Å². The van der Waals surface area contributed by atoms with Gasteiger partial charge in [-0.25, -0.2) is 0 Å². The van der Waals surface area contributed by atoms with Crippen LogP contribution in [-0.2, 0) is 9.47 Å². The molecule has 3 nitrogen and oxygen atoms in total. The fourth-order valence-electron chi connectivity index (χ4n) is 2.31. The molecule has 1 N–H and O–H groups in total. The topological polar surface area (TPSA) is 30.5 Å². The minimum atomic E-state index is 0.255. The Labute approximate surface area is 121 Å². The SMILES string of the molecule is COCCNCC1CCCOC1c1ccc(Br)s1. The Hall–Kier alpha value is 0.0600. The van der Waals surface area contributed by atoms with E-state index in [0.29, 0.717) is 5.92 Å². The molecule has 2 unspecified atom stereocenters. The standard InChI is InChI=1S/C13H20BrNO2S/c1-16-8-6-15-9-10-3-2-7-17-13(10)11-4-5-12(14)18-11/h4-5,10,13,15H,2-3,6-9H2,1H3. The van der Waals surface area contributed by atoms with E-state index in [1.165, 1.54) is 21.5 Å². The third kappa shape index (κ3) is 4.03. The van der Waals surface area contributed by atoms with Crippen LogP contribution in [0.5, 0.6) is 0 Å². The summed E-state index contributed by atoms with van der Waals surface area (Å²) in [5, 5.41) is 3.45. The zero-order valence-electron chi connectivity index (χ0n) is 10.7. The second-order valence-corrected chi connectivity index (χ2v) is 7.03. The van der Waals surface area contributed by atoms with Crippen molar-refractivity contribution in [1.29, 1.82) is 0 Å². The molecule has 2 atom stereocenters. The van der Waals surface area contributed by atoms with E-state index in [4.69, 9.17) is 9.47 Å². The Bertz CT molecular complexity index is 359. The maximum absolute atomic E-state index is 5.97. The molecule has 5 heteroatoms. The number of ether oxygens (including phenoxy) is 2. The van der Waals surface area contributed by atoms with Crippen LogP contribution in [0.3, 0.4) is 0 Å². The molecule has 0 aromatic carbocycles. The molecule has 1 aromatic rings. The monoisotopic (exact) mass is 333 g/mol. The maximum Gasteiger partial charge on any atom is 0.0957 e. The summed E-state index contributed by atoms with van der Waals surface area (Å²) in [6.07, 6.45) is 2.66. The molecule has 1 fully saturated rings. The average molecular weight is 334 g/mol. The fourth-order valence-corrected chi connectivity index (χ4v) is 3.88. The molecular formula is C13H20BrNO2S. The summed E-state index contributed by atoms with van der Waals surface area (Å²) in [7, 11) is 1.73. The van der Waals surface area contributed by atoms with Crippen LogP contribution in [0.1, 0.15) is 23.8 Å². The van der Waals surface area contributed by atoms with Gasteiger partial charge in [0.1, 0.15) is 0 Å². The van der Waals surface area contributed by atoms with Crippen LogP contribution in [0.25, 0.3) is 0 Å². The molecule has 0 spiro atoms. The fraction of sp³-hybridized carbons (Fsp3) is 0.692. The summed E-state index contributed by atoms with van der Waals surface area (Å²) in [5.74, 6) is 0.571. The van der Waals surface area contributed by atoms with E-state index >= 15 is 0 Å². The number of hydrogen-bond acceptors (Lipinski definition) is 4.